The number of benzene rings is 2. The van der Waals surface area contributed by atoms with Crippen LogP contribution < -0.4 is 0 Å². The van der Waals surface area contributed by atoms with Crippen LogP contribution in [0.25, 0.3) is 5.57 Å². The fourth-order valence-corrected chi connectivity index (χ4v) is 3.04. The van der Waals surface area contributed by atoms with E-state index < -0.39 is 0 Å². The van der Waals surface area contributed by atoms with Gasteiger partial charge in [0.25, 0.3) is 0 Å². The summed E-state index contributed by atoms with van der Waals surface area (Å²) in [5, 5.41) is 0. The van der Waals surface area contributed by atoms with Gasteiger partial charge in [0, 0.05) is 5.56 Å². The average Bonchev–Trinajstić information content (AvgIpc) is 2.70. The smallest absolute Gasteiger partial charge is 0.0243 e. The topological polar surface area (TPSA) is 0 Å². The molecule has 0 saturated carbocycles. The van der Waals surface area contributed by atoms with Crippen molar-refractivity contribution in [2.24, 2.45) is 0 Å². The van der Waals surface area contributed by atoms with Crippen LogP contribution in [0.3, 0.4) is 0 Å². The number of terminal acetylenes is 1. The predicted octanol–water partition coefficient (Wildman–Crippen LogP) is 6.96. The molecule has 0 saturated heterocycles. The van der Waals surface area contributed by atoms with Gasteiger partial charge in [-0.1, -0.05) is 93.1 Å². The molecule has 0 fully saturated rings. The third-order valence-electron chi connectivity index (χ3n) is 4.35. The molecule has 0 aliphatic rings. The van der Waals surface area contributed by atoms with Crippen molar-refractivity contribution in [3.8, 4) is 12.3 Å². The zero-order chi connectivity index (χ0) is 18.8. The molecule has 0 aliphatic carbocycles. The molecule has 2 rings (SSSR count). The van der Waals surface area contributed by atoms with Gasteiger partial charge in [-0.2, -0.15) is 0 Å². The molecule has 0 bridgehead atoms. The lowest BCUT2D eigenvalue weighted by molar-refractivity contribution is 0.795. The summed E-state index contributed by atoms with van der Waals surface area (Å²) in [7, 11) is 0. The van der Waals surface area contributed by atoms with Crippen LogP contribution in [0.1, 0.15) is 42.9 Å². The molecule has 0 N–H and O–H groups in total. The monoisotopic (exact) mass is 338 g/mol. The van der Waals surface area contributed by atoms with E-state index in [4.69, 9.17) is 6.42 Å². The molecule has 2 aromatic carbocycles. The normalized spacial score (nSPS) is 12.1. The fourth-order valence-electron chi connectivity index (χ4n) is 3.04. The predicted molar refractivity (Wildman–Crippen MR) is 115 cm³/mol. The van der Waals surface area contributed by atoms with Crippen LogP contribution in [0.5, 0.6) is 0 Å². The Morgan fingerprint density at radius 2 is 1.65 bits per heavy atom. The van der Waals surface area contributed by atoms with Crippen molar-refractivity contribution in [1.82, 2.24) is 0 Å². The summed E-state index contributed by atoms with van der Waals surface area (Å²) >= 11 is 0. The molecule has 0 aliphatic heterocycles. The first kappa shape index (κ1) is 19.3. The van der Waals surface area contributed by atoms with Crippen LogP contribution >= 0.6 is 0 Å². The highest BCUT2D eigenvalue weighted by Gasteiger charge is 2.14. The Balaban J connectivity index is 2.76. The summed E-state index contributed by atoms with van der Waals surface area (Å²) in [5.41, 5.74) is 6.90. The molecule has 26 heavy (non-hydrogen) atoms. The molecular formula is C26H26. The largest absolute Gasteiger partial charge is 0.115 e. The van der Waals surface area contributed by atoms with E-state index >= 15 is 0 Å². The highest BCUT2D eigenvalue weighted by atomic mass is 14.2. The molecule has 0 spiro atoms. The molecule has 0 aromatic heterocycles. The van der Waals surface area contributed by atoms with Crippen LogP contribution in [-0.2, 0) is 0 Å². The second kappa shape index (κ2) is 10.1. The molecular weight excluding hydrogens is 312 g/mol. The second-order valence-electron chi connectivity index (χ2n) is 6.11. The van der Waals surface area contributed by atoms with Crippen LogP contribution in [0.2, 0.25) is 0 Å². The summed E-state index contributed by atoms with van der Waals surface area (Å²) < 4.78 is 0. The van der Waals surface area contributed by atoms with Gasteiger partial charge in [-0.15, -0.1) is 6.42 Å². The van der Waals surface area contributed by atoms with E-state index in [-0.39, 0.29) is 0 Å². The molecule has 0 radical (unpaired) electrons. The van der Waals surface area contributed by atoms with Crippen molar-refractivity contribution in [3.05, 3.63) is 114 Å². The van der Waals surface area contributed by atoms with Crippen molar-refractivity contribution in [2.45, 2.75) is 26.2 Å². The maximum atomic E-state index is 5.53. The molecule has 0 heterocycles. The van der Waals surface area contributed by atoms with E-state index in [1.807, 2.05) is 36.4 Å². The second-order valence-corrected chi connectivity index (χ2v) is 6.11. The molecule has 0 unspecified atom stereocenters. The standard InChI is InChI=1S/C26H26/c1-5-9-16-25(22(8-4)13-6-2)26(23-14-11-10-12-15-23)24-19-17-21(7-3)18-20-24/h3,6,8,10-15,17-20H,2,4-5,9,16H2,1H3/b22-13+,26-25-. The Hall–Kier alpha value is -3.04. The Labute approximate surface area is 158 Å². The van der Waals surface area contributed by atoms with Crippen LogP contribution in [0.4, 0.5) is 0 Å². The van der Waals surface area contributed by atoms with Crippen molar-refractivity contribution < 1.29 is 0 Å². The summed E-state index contributed by atoms with van der Waals surface area (Å²) in [5.74, 6) is 2.69. The van der Waals surface area contributed by atoms with E-state index in [2.05, 4.69) is 62.4 Å². The Morgan fingerprint density at radius 1 is 1.00 bits per heavy atom. The fraction of sp³-hybridized carbons (Fsp3) is 0.154. The van der Waals surface area contributed by atoms with Crippen LogP contribution in [0, 0.1) is 12.3 Å². The van der Waals surface area contributed by atoms with Gasteiger partial charge in [-0.3, -0.25) is 0 Å². The van der Waals surface area contributed by atoms with E-state index in [1.165, 1.54) is 16.7 Å². The van der Waals surface area contributed by atoms with Gasteiger partial charge < -0.3 is 0 Å². The Kier molecular flexibility index (Phi) is 7.47. The highest BCUT2D eigenvalue weighted by molar-refractivity contribution is 5.85. The van der Waals surface area contributed by atoms with E-state index in [0.717, 1.165) is 36.0 Å². The van der Waals surface area contributed by atoms with Gasteiger partial charge in [-0.25, -0.2) is 0 Å². The molecule has 130 valence electrons. The van der Waals surface area contributed by atoms with Crippen molar-refractivity contribution in [2.75, 3.05) is 0 Å². The van der Waals surface area contributed by atoms with E-state index in [9.17, 15) is 0 Å². The first-order valence-corrected chi connectivity index (χ1v) is 9.06. The molecule has 0 heteroatoms. The molecule has 0 atom stereocenters. The number of rotatable bonds is 8. The maximum absolute atomic E-state index is 5.53. The number of allylic oxidation sites excluding steroid dienone is 5. The van der Waals surface area contributed by atoms with Gasteiger partial charge in [0.2, 0.25) is 0 Å². The van der Waals surface area contributed by atoms with Gasteiger partial charge >= 0.3 is 0 Å². The van der Waals surface area contributed by atoms with Crippen LogP contribution in [-0.4, -0.2) is 0 Å². The highest BCUT2D eigenvalue weighted by Crippen LogP contribution is 2.34. The average molecular weight is 338 g/mol. The summed E-state index contributed by atoms with van der Waals surface area (Å²) in [4.78, 5) is 0. The minimum absolute atomic E-state index is 0.891. The van der Waals surface area contributed by atoms with Crippen LogP contribution in [0.15, 0.2) is 97.1 Å². The van der Waals surface area contributed by atoms with E-state index in [1.54, 1.807) is 0 Å². The van der Waals surface area contributed by atoms with Crippen molar-refractivity contribution in [3.63, 3.8) is 0 Å². The summed E-state index contributed by atoms with van der Waals surface area (Å²) in [6, 6.07) is 18.7. The summed E-state index contributed by atoms with van der Waals surface area (Å²) in [6.45, 7) is 10.1. The third-order valence-corrected chi connectivity index (χ3v) is 4.35. The van der Waals surface area contributed by atoms with Crippen molar-refractivity contribution >= 4 is 5.57 Å². The minimum atomic E-state index is 0.891. The minimum Gasteiger partial charge on any atom is -0.115 e. The van der Waals surface area contributed by atoms with Gasteiger partial charge in [0.05, 0.1) is 0 Å². The number of unbranched alkanes of at least 4 members (excludes halogenated alkanes) is 1. The van der Waals surface area contributed by atoms with E-state index in [0.29, 0.717) is 0 Å². The Morgan fingerprint density at radius 3 is 2.19 bits per heavy atom. The maximum Gasteiger partial charge on any atom is 0.0243 e. The first-order chi connectivity index (χ1) is 12.7. The SMILES string of the molecule is C#Cc1ccc(/C(=C(CCCC)\C(C=C)=C\C=C)c2ccccc2)cc1. The zero-order valence-corrected chi connectivity index (χ0v) is 15.5. The van der Waals surface area contributed by atoms with Gasteiger partial charge in [0.1, 0.15) is 0 Å². The lowest BCUT2D eigenvalue weighted by Crippen LogP contribution is -1.98. The zero-order valence-electron chi connectivity index (χ0n) is 15.5. The molecule has 2 aromatic rings. The van der Waals surface area contributed by atoms with Gasteiger partial charge in [0.15, 0.2) is 0 Å². The summed E-state index contributed by atoms with van der Waals surface area (Å²) in [6.07, 6.45) is 14.6. The quantitative estimate of drug-likeness (QED) is 0.360. The first-order valence-electron chi connectivity index (χ1n) is 9.06. The molecule has 0 amide bonds. The number of hydrogen-bond donors (Lipinski definition) is 0. The molecule has 0 nitrogen and oxygen atoms in total. The Bertz CT molecular complexity index is 837. The third kappa shape index (κ3) is 4.74. The van der Waals surface area contributed by atoms with Gasteiger partial charge in [-0.05, 0) is 52.8 Å². The number of hydrogen-bond acceptors (Lipinski definition) is 0. The lowest BCUT2D eigenvalue weighted by atomic mass is 9.86. The lowest BCUT2D eigenvalue weighted by Gasteiger charge is -2.18. The van der Waals surface area contributed by atoms with Crippen molar-refractivity contribution in [1.29, 1.82) is 0 Å².